The van der Waals surface area contributed by atoms with Crippen molar-refractivity contribution in [2.75, 3.05) is 13.2 Å². The molecular weight excluding hydrogens is 645 g/mol. The average molecular weight is 659 g/mol. The molecule has 0 atom stereocenters. The van der Waals surface area contributed by atoms with Crippen molar-refractivity contribution in [2.24, 2.45) is 0 Å². The first-order valence-corrected chi connectivity index (χ1v) is 12.6. The first-order valence-electron chi connectivity index (χ1n) is 10.4. The molecule has 0 aliphatic carbocycles. The number of hydrogen-bond acceptors (Lipinski definition) is 9. The number of rotatable bonds is 8. The summed E-state index contributed by atoms with van der Waals surface area (Å²) in [5.41, 5.74) is -0.426. The SMILES string of the molecule is O=C(OCC(COC(=O)c1cc(Cl)c(O)c(Cl)c1)OC(=O)c1cc(Cl)c(O)c(Cl)c1)c1cc(Cl)c(O)c(Cl)c1. The minimum Gasteiger partial charge on any atom is -0.505 e. The molecule has 3 aromatic carbocycles. The van der Waals surface area contributed by atoms with E-state index in [4.69, 9.17) is 83.8 Å². The maximum Gasteiger partial charge on any atom is 0.338 e. The monoisotopic (exact) mass is 656 g/mol. The second kappa shape index (κ2) is 13.0. The number of aromatic hydroxyl groups is 3. The fourth-order valence-electron chi connectivity index (χ4n) is 2.89. The van der Waals surface area contributed by atoms with E-state index in [-0.39, 0.29) is 46.8 Å². The van der Waals surface area contributed by atoms with Gasteiger partial charge in [0.1, 0.15) is 13.2 Å². The van der Waals surface area contributed by atoms with Crippen LogP contribution in [0.2, 0.25) is 30.1 Å². The molecule has 0 spiro atoms. The molecule has 0 aliphatic rings. The molecule has 0 amide bonds. The molecule has 3 N–H and O–H groups in total. The first kappa shape index (κ1) is 30.7. The zero-order chi connectivity index (χ0) is 29.0. The standard InChI is InChI=1S/C24H14Cl6O9/c25-13-1-9(2-14(26)19(13)31)22(34)37-7-12(39-24(36)11-5-17(29)21(33)18(30)6-11)8-38-23(35)10-3-15(27)20(32)16(28)4-10/h1-6,12,31-33H,7-8H2. The summed E-state index contributed by atoms with van der Waals surface area (Å²) >= 11 is 35.0. The molecular formula is C24H14Cl6O9. The van der Waals surface area contributed by atoms with Crippen LogP contribution in [0.3, 0.4) is 0 Å². The largest absolute Gasteiger partial charge is 0.505 e. The lowest BCUT2D eigenvalue weighted by molar-refractivity contribution is -0.0253. The Morgan fingerprint density at radius 3 is 1.08 bits per heavy atom. The number of phenols is 3. The van der Waals surface area contributed by atoms with E-state index in [1.54, 1.807) is 0 Å². The highest BCUT2D eigenvalue weighted by Gasteiger charge is 2.24. The van der Waals surface area contributed by atoms with Gasteiger partial charge in [-0.15, -0.1) is 0 Å². The fraction of sp³-hybridized carbons (Fsp3) is 0.125. The predicted molar refractivity (Wildman–Crippen MR) is 144 cm³/mol. The van der Waals surface area contributed by atoms with Crippen molar-refractivity contribution >= 4 is 87.5 Å². The zero-order valence-corrected chi connectivity index (χ0v) is 23.6. The fourth-order valence-corrected chi connectivity index (χ4v) is 4.35. The average Bonchev–Trinajstić information content (AvgIpc) is 2.88. The molecule has 0 unspecified atom stereocenters. The lowest BCUT2D eigenvalue weighted by Crippen LogP contribution is -2.31. The Labute approximate surface area is 250 Å². The number of benzene rings is 3. The van der Waals surface area contributed by atoms with Crippen molar-refractivity contribution in [3.05, 3.63) is 83.2 Å². The van der Waals surface area contributed by atoms with Crippen LogP contribution in [0, 0.1) is 0 Å². The smallest absolute Gasteiger partial charge is 0.338 e. The minimum absolute atomic E-state index is 0.129. The van der Waals surface area contributed by atoms with E-state index in [1.165, 1.54) is 0 Å². The summed E-state index contributed by atoms with van der Waals surface area (Å²) in [7, 11) is 0. The maximum absolute atomic E-state index is 12.7. The molecule has 0 heterocycles. The molecule has 0 aliphatic heterocycles. The van der Waals surface area contributed by atoms with Crippen LogP contribution in [0.5, 0.6) is 17.2 Å². The van der Waals surface area contributed by atoms with Crippen molar-refractivity contribution in [2.45, 2.75) is 6.10 Å². The Kier molecular flexibility index (Phi) is 10.3. The zero-order valence-electron chi connectivity index (χ0n) is 19.0. The molecule has 39 heavy (non-hydrogen) atoms. The topological polar surface area (TPSA) is 140 Å². The summed E-state index contributed by atoms with van der Waals surface area (Å²) in [6.07, 6.45) is -1.37. The van der Waals surface area contributed by atoms with E-state index < -0.39 is 54.5 Å². The Bertz CT molecular complexity index is 1320. The third kappa shape index (κ3) is 7.66. The van der Waals surface area contributed by atoms with E-state index in [2.05, 4.69) is 0 Å². The summed E-state index contributed by atoms with van der Waals surface area (Å²) in [6, 6.07) is 6.58. The molecule has 0 saturated carbocycles. The van der Waals surface area contributed by atoms with Crippen molar-refractivity contribution in [3.63, 3.8) is 0 Å². The molecule has 3 aromatic rings. The van der Waals surface area contributed by atoms with E-state index in [0.29, 0.717) is 0 Å². The molecule has 0 bridgehead atoms. The highest BCUT2D eigenvalue weighted by atomic mass is 35.5. The molecule has 3 rings (SSSR count). The van der Waals surface area contributed by atoms with Gasteiger partial charge in [-0.25, -0.2) is 14.4 Å². The minimum atomic E-state index is -1.37. The number of hydrogen-bond donors (Lipinski definition) is 3. The van der Waals surface area contributed by atoms with Gasteiger partial charge in [0.05, 0.1) is 46.8 Å². The van der Waals surface area contributed by atoms with Crippen molar-refractivity contribution in [1.82, 2.24) is 0 Å². The maximum atomic E-state index is 12.7. The van der Waals surface area contributed by atoms with Crippen molar-refractivity contribution in [3.8, 4) is 17.2 Å². The van der Waals surface area contributed by atoms with Crippen molar-refractivity contribution < 1.29 is 43.9 Å². The van der Waals surface area contributed by atoms with Gasteiger partial charge in [0.2, 0.25) is 0 Å². The third-order valence-corrected chi connectivity index (χ3v) is 6.56. The van der Waals surface area contributed by atoms with Gasteiger partial charge in [-0.2, -0.15) is 0 Å². The Balaban J connectivity index is 1.78. The molecule has 0 saturated heterocycles. The van der Waals surface area contributed by atoms with Crippen LogP contribution in [-0.2, 0) is 14.2 Å². The van der Waals surface area contributed by atoms with Crippen LogP contribution in [-0.4, -0.2) is 52.5 Å². The van der Waals surface area contributed by atoms with Gasteiger partial charge in [0.25, 0.3) is 0 Å². The molecule has 206 valence electrons. The van der Waals surface area contributed by atoms with Crippen LogP contribution in [0.25, 0.3) is 0 Å². The van der Waals surface area contributed by atoms with E-state index in [1.807, 2.05) is 0 Å². The Morgan fingerprint density at radius 2 is 0.795 bits per heavy atom. The van der Waals surface area contributed by atoms with Gasteiger partial charge >= 0.3 is 17.9 Å². The van der Waals surface area contributed by atoms with Crippen LogP contribution in [0.15, 0.2) is 36.4 Å². The third-order valence-electron chi connectivity index (χ3n) is 4.83. The summed E-state index contributed by atoms with van der Waals surface area (Å²) in [5, 5.41) is 27.8. The van der Waals surface area contributed by atoms with Gasteiger partial charge in [0, 0.05) is 0 Å². The van der Waals surface area contributed by atoms with Gasteiger partial charge < -0.3 is 29.5 Å². The predicted octanol–water partition coefficient (Wildman–Crippen LogP) is 6.96. The molecule has 9 nitrogen and oxygen atoms in total. The summed E-state index contributed by atoms with van der Waals surface area (Å²) in [6.45, 7) is -1.24. The van der Waals surface area contributed by atoms with Crippen LogP contribution >= 0.6 is 69.6 Å². The number of carbonyl (C=O) groups is 3. The summed E-state index contributed by atoms with van der Waals surface area (Å²) in [5.74, 6) is -4.25. The number of carbonyl (C=O) groups excluding carboxylic acids is 3. The highest BCUT2D eigenvalue weighted by molar-refractivity contribution is 6.38. The van der Waals surface area contributed by atoms with Crippen LogP contribution in [0.1, 0.15) is 31.1 Å². The Hall–Kier alpha value is -2.79. The lowest BCUT2D eigenvalue weighted by Gasteiger charge is -2.19. The van der Waals surface area contributed by atoms with E-state index in [9.17, 15) is 29.7 Å². The highest BCUT2D eigenvalue weighted by Crippen LogP contribution is 2.35. The molecule has 0 aromatic heterocycles. The van der Waals surface area contributed by atoms with Gasteiger partial charge in [0.15, 0.2) is 23.4 Å². The number of esters is 3. The quantitative estimate of drug-likeness (QED) is 0.173. The first-order chi connectivity index (χ1) is 18.3. The van der Waals surface area contributed by atoms with Gasteiger partial charge in [-0.3, -0.25) is 0 Å². The normalized spacial score (nSPS) is 10.8. The van der Waals surface area contributed by atoms with E-state index >= 15 is 0 Å². The van der Waals surface area contributed by atoms with Crippen LogP contribution < -0.4 is 0 Å². The Morgan fingerprint density at radius 1 is 0.538 bits per heavy atom. The van der Waals surface area contributed by atoms with E-state index in [0.717, 1.165) is 36.4 Å². The van der Waals surface area contributed by atoms with Crippen LogP contribution in [0.4, 0.5) is 0 Å². The molecule has 0 fully saturated rings. The second-order valence-electron chi connectivity index (χ2n) is 7.59. The molecule has 0 radical (unpaired) electrons. The number of halogens is 6. The number of phenolic OH excluding ortho intramolecular Hbond substituents is 3. The van der Waals surface area contributed by atoms with Gasteiger partial charge in [-0.05, 0) is 36.4 Å². The second-order valence-corrected chi connectivity index (χ2v) is 10.0. The van der Waals surface area contributed by atoms with Crippen molar-refractivity contribution in [1.29, 1.82) is 0 Å². The number of ether oxygens (including phenoxy) is 3. The van der Waals surface area contributed by atoms with Gasteiger partial charge in [-0.1, -0.05) is 69.6 Å². The summed E-state index contributed by atoms with van der Waals surface area (Å²) < 4.78 is 15.6. The summed E-state index contributed by atoms with van der Waals surface area (Å²) in [4.78, 5) is 37.8. The lowest BCUT2D eigenvalue weighted by atomic mass is 10.2. The molecule has 15 heteroatoms.